The van der Waals surface area contributed by atoms with Crippen molar-refractivity contribution in [3.05, 3.63) is 71.8 Å². The second kappa shape index (κ2) is 8.51. The van der Waals surface area contributed by atoms with E-state index >= 15 is 0 Å². The fraction of sp³-hybridized carbons (Fsp3) is 0.375. The second-order valence-corrected chi connectivity index (χ2v) is 7.61. The maximum atomic E-state index is 13.1. The average Bonchev–Trinajstić information content (AvgIpc) is 2.93. The molecule has 0 N–H and O–H groups in total. The molecule has 2 aromatic carbocycles. The highest BCUT2D eigenvalue weighted by atomic mass is 16.2. The van der Waals surface area contributed by atoms with Gasteiger partial charge in [-0.25, -0.2) is 4.90 Å². The number of imide groups is 3. The quantitative estimate of drug-likeness (QED) is 0.696. The Bertz CT molecular complexity index is 847. The van der Waals surface area contributed by atoms with E-state index in [9.17, 15) is 14.4 Å². The summed E-state index contributed by atoms with van der Waals surface area (Å²) in [5.74, 6) is -2.11. The van der Waals surface area contributed by atoms with Gasteiger partial charge in [-0.1, -0.05) is 74.5 Å². The molecule has 0 radical (unpaired) electrons. The van der Waals surface area contributed by atoms with Gasteiger partial charge in [-0.15, -0.1) is 0 Å². The number of hydrogen-bond donors (Lipinski definition) is 0. The van der Waals surface area contributed by atoms with Crippen molar-refractivity contribution in [1.29, 1.82) is 0 Å². The monoisotopic (exact) mass is 377 g/mol. The minimum atomic E-state index is -0.517. The predicted molar refractivity (Wildman–Crippen MR) is 108 cm³/mol. The molecule has 2 aromatic rings. The van der Waals surface area contributed by atoms with Crippen LogP contribution in [0.15, 0.2) is 60.7 Å². The lowest BCUT2D eigenvalue weighted by atomic mass is 9.73. The van der Waals surface area contributed by atoms with Crippen molar-refractivity contribution in [1.82, 2.24) is 4.90 Å². The van der Waals surface area contributed by atoms with Crippen LogP contribution in [0.4, 0.5) is 0 Å². The first-order chi connectivity index (χ1) is 13.5. The first-order valence-corrected chi connectivity index (χ1v) is 9.94. The van der Waals surface area contributed by atoms with Gasteiger partial charge < -0.3 is 0 Å². The van der Waals surface area contributed by atoms with Gasteiger partial charge in [-0.05, 0) is 35.8 Å². The summed E-state index contributed by atoms with van der Waals surface area (Å²) >= 11 is 0. The summed E-state index contributed by atoms with van der Waals surface area (Å²) in [5.41, 5.74) is 2.28. The fourth-order valence-electron chi connectivity index (χ4n) is 4.42. The lowest BCUT2D eigenvalue weighted by Crippen LogP contribution is -2.36. The third-order valence-electron chi connectivity index (χ3n) is 5.93. The van der Waals surface area contributed by atoms with Crippen LogP contribution in [-0.2, 0) is 14.4 Å². The Hall–Kier alpha value is -2.75. The minimum Gasteiger partial charge on any atom is -0.274 e. The molecule has 1 aliphatic rings. The van der Waals surface area contributed by atoms with Crippen LogP contribution in [-0.4, -0.2) is 22.6 Å². The van der Waals surface area contributed by atoms with Gasteiger partial charge >= 0.3 is 0 Å². The number of amides is 3. The number of nitrogens with zero attached hydrogens (tertiary/aromatic N) is 1. The molecule has 4 nitrogen and oxygen atoms in total. The molecule has 146 valence electrons. The summed E-state index contributed by atoms with van der Waals surface area (Å²) in [5, 5.41) is 0. The number of likely N-dealkylation sites (tertiary alicyclic amines) is 1. The Kier molecular flexibility index (Phi) is 6.08. The third kappa shape index (κ3) is 3.77. The summed E-state index contributed by atoms with van der Waals surface area (Å²) in [7, 11) is 0. The van der Waals surface area contributed by atoms with E-state index in [2.05, 4.69) is 19.1 Å². The number of hydrogen-bond acceptors (Lipinski definition) is 3. The Morgan fingerprint density at radius 2 is 1.46 bits per heavy atom. The third-order valence-corrected chi connectivity index (χ3v) is 5.93. The fourth-order valence-corrected chi connectivity index (χ4v) is 4.42. The Balaban J connectivity index is 2.00. The van der Waals surface area contributed by atoms with E-state index in [1.54, 1.807) is 6.92 Å². The maximum absolute atomic E-state index is 13.1. The van der Waals surface area contributed by atoms with Gasteiger partial charge in [0.15, 0.2) is 0 Å². The number of benzene rings is 2. The molecule has 1 saturated heterocycles. The highest BCUT2D eigenvalue weighted by Crippen LogP contribution is 2.43. The van der Waals surface area contributed by atoms with E-state index in [1.165, 1.54) is 12.5 Å². The van der Waals surface area contributed by atoms with Crippen LogP contribution >= 0.6 is 0 Å². The van der Waals surface area contributed by atoms with Gasteiger partial charge in [0.05, 0.1) is 5.92 Å². The number of carbonyl (C=O) groups is 3. The van der Waals surface area contributed by atoms with Gasteiger partial charge in [0.25, 0.3) is 0 Å². The lowest BCUT2D eigenvalue weighted by molar-refractivity contribution is -0.149. The van der Waals surface area contributed by atoms with E-state index in [4.69, 9.17) is 0 Å². The molecule has 0 aromatic heterocycles. The molecular weight excluding hydrogens is 350 g/mol. The molecule has 1 aliphatic heterocycles. The van der Waals surface area contributed by atoms with Crippen molar-refractivity contribution >= 4 is 17.7 Å². The molecule has 0 bridgehead atoms. The van der Waals surface area contributed by atoms with Crippen molar-refractivity contribution < 1.29 is 14.4 Å². The van der Waals surface area contributed by atoms with Gasteiger partial charge in [0.1, 0.15) is 0 Å². The van der Waals surface area contributed by atoms with E-state index in [0.29, 0.717) is 0 Å². The highest BCUT2D eigenvalue weighted by Gasteiger charge is 2.50. The molecular formula is C24H27NO3. The predicted octanol–water partition coefficient (Wildman–Crippen LogP) is 4.52. The van der Waals surface area contributed by atoms with E-state index in [1.807, 2.05) is 48.5 Å². The Morgan fingerprint density at radius 3 is 1.93 bits per heavy atom. The molecule has 3 rings (SSSR count). The highest BCUT2D eigenvalue weighted by molar-refractivity contribution is 6.16. The molecule has 4 atom stereocenters. The van der Waals surface area contributed by atoms with Crippen LogP contribution in [0.3, 0.4) is 0 Å². The molecule has 0 spiro atoms. The van der Waals surface area contributed by atoms with Crippen LogP contribution in [0.1, 0.15) is 56.6 Å². The molecule has 1 heterocycles. The first kappa shape index (κ1) is 20.0. The van der Waals surface area contributed by atoms with Crippen LogP contribution in [0.2, 0.25) is 0 Å². The molecule has 0 saturated carbocycles. The van der Waals surface area contributed by atoms with Crippen molar-refractivity contribution in [2.75, 3.05) is 0 Å². The van der Waals surface area contributed by atoms with Crippen LogP contribution in [0, 0.1) is 11.8 Å². The maximum Gasteiger partial charge on any atom is 0.240 e. The lowest BCUT2D eigenvalue weighted by Gasteiger charge is -2.29. The number of carbonyl (C=O) groups excluding carboxylic acids is 3. The SMILES string of the molecule is CCC(CC(c1ccccc1)C1C(=O)N(C(C)=O)C(=O)C1C)c1ccccc1. The molecule has 4 unspecified atom stereocenters. The normalized spacial score (nSPS) is 21.6. The topological polar surface area (TPSA) is 54.5 Å². The summed E-state index contributed by atoms with van der Waals surface area (Å²) in [6, 6.07) is 20.2. The van der Waals surface area contributed by atoms with Crippen LogP contribution in [0.5, 0.6) is 0 Å². The molecule has 0 aliphatic carbocycles. The standard InChI is InChI=1S/C24H27NO3/c1-4-18(19-11-7-5-8-12-19)15-21(20-13-9-6-10-14-20)22-16(2)23(27)25(17(3)26)24(22)28/h5-14,16,18,21-22H,4,15H2,1-3H3. The van der Waals surface area contributed by atoms with E-state index in [0.717, 1.165) is 23.3 Å². The van der Waals surface area contributed by atoms with E-state index in [-0.39, 0.29) is 23.7 Å². The van der Waals surface area contributed by atoms with Gasteiger partial charge in [-0.3, -0.25) is 14.4 Å². The summed E-state index contributed by atoms with van der Waals surface area (Å²) < 4.78 is 0. The van der Waals surface area contributed by atoms with E-state index < -0.39 is 17.7 Å². The number of rotatable bonds is 6. The molecule has 28 heavy (non-hydrogen) atoms. The van der Waals surface area contributed by atoms with Crippen molar-refractivity contribution in [2.45, 2.75) is 45.4 Å². The molecule has 3 amide bonds. The van der Waals surface area contributed by atoms with Crippen molar-refractivity contribution in [2.24, 2.45) is 11.8 Å². The second-order valence-electron chi connectivity index (χ2n) is 7.61. The Labute approximate surface area is 166 Å². The molecule has 4 heteroatoms. The average molecular weight is 377 g/mol. The zero-order valence-corrected chi connectivity index (χ0v) is 16.7. The molecule has 1 fully saturated rings. The van der Waals surface area contributed by atoms with Crippen molar-refractivity contribution in [3.63, 3.8) is 0 Å². The summed E-state index contributed by atoms with van der Waals surface area (Å²) in [4.78, 5) is 38.4. The van der Waals surface area contributed by atoms with Gasteiger partial charge in [0.2, 0.25) is 17.7 Å². The van der Waals surface area contributed by atoms with Crippen LogP contribution in [0.25, 0.3) is 0 Å². The minimum absolute atomic E-state index is 0.123. The summed E-state index contributed by atoms with van der Waals surface area (Å²) in [6.45, 7) is 5.20. The van der Waals surface area contributed by atoms with Gasteiger partial charge in [0, 0.05) is 12.8 Å². The zero-order valence-electron chi connectivity index (χ0n) is 16.7. The van der Waals surface area contributed by atoms with Gasteiger partial charge in [-0.2, -0.15) is 0 Å². The van der Waals surface area contributed by atoms with Crippen LogP contribution < -0.4 is 0 Å². The first-order valence-electron chi connectivity index (χ1n) is 9.94. The summed E-state index contributed by atoms with van der Waals surface area (Å²) in [6.07, 6.45) is 1.69. The Morgan fingerprint density at radius 1 is 0.929 bits per heavy atom. The zero-order chi connectivity index (χ0) is 20.3. The largest absolute Gasteiger partial charge is 0.274 e. The van der Waals surface area contributed by atoms with Crippen molar-refractivity contribution in [3.8, 4) is 0 Å². The smallest absolute Gasteiger partial charge is 0.240 e.